The Bertz CT molecular complexity index is 2200. The third kappa shape index (κ3) is 15.8. The van der Waals surface area contributed by atoms with E-state index in [9.17, 15) is 125 Å². The second-order valence-electron chi connectivity index (χ2n) is 20.6. The number of hydrogen-bond acceptors (Lipinski definition) is 36. The average Bonchev–Trinajstić information content (AvgIpc) is 3.46. The highest BCUT2D eigenvalue weighted by Gasteiger charge is 2.60. The Morgan fingerprint density at radius 3 is 1.40 bits per heavy atom. The largest absolute Gasteiger partial charge is 0.479 e. The Balaban J connectivity index is 1.43. The van der Waals surface area contributed by atoms with Crippen molar-refractivity contribution < 1.29 is 186 Å². The van der Waals surface area contributed by atoms with E-state index in [2.05, 4.69) is 9.50 Å². The Kier molecular flexibility index (Phi) is 25.2. The molecule has 0 unspecified atom stereocenters. The maximum Gasteiger partial charge on any atom is 0.397 e. The lowest BCUT2D eigenvalue weighted by molar-refractivity contribution is -0.412. The average molecular weight is 1260 g/mol. The number of carboxylic acid groups (broad SMARTS) is 1. The van der Waals surface area contributed by atoms with Gasteiger partial charge in [0.2, 0.25) is 5.91 Å². The highest BCUT2D eigenvalue weighted by molar-refractivity contribution is 7.80. The zero-order valence-corrected chi connectivity index (χ0v) is 45.2. The number of carbonyl (C=O) groups excluding carboxylic acids is 1. The lowest BCUT2D eigenvalue weighted by Gasteiger charge is -2.51. The van der Waals surface area contributed by atoms with Crippen molar-refractivity contribution in [3.63, 3.8) is 0 Å². The van der Waals surface area contributed by atoms with Crippen LogP contribution in [-0.2, 0) is 81.0 Å². The van der Waals surface area contributed by atoms with E-state index in [1.54, 1.807) is 0 Å². The van der Waals surface area contributed by atoms with Gasteiger partial charge in [0.1, 0.15) is 146 Å². The van der Waals surface area contributed by atoms with Crippen LogP contribution in [0.25, 0.3) is 0 Å². The normalized spacial score (nSPS) is 46.6. The van der Waals surface area contributed by atoms with Crippen LogP contribution in [-0.4, -0.2) is 369 Å². The summed E-state index contributed by atoms with van der Waals surface area (Å²) in [6.07, 6.45) is -72.4. The quantitative estimate of drug-likeness (QED) is 0.0399. The summed E-state index contributed by atoms with van der Waals surface area (Å²) >= 11 is 0. The minimum absolute atomic E-state index is 0.860. The van der Waals surface area contributed by atoms with Crippen LogP contribution < -0.4 is 5.32 Å². The van der Waals surface area contributed by atoms with Gasteiger partial charge in [-0.15, -0.1) is 0 Å². The highest BCUT2D eigenvalue weighted by Crippen LogP contribution is 2.39. The molecule has 22 N–H and O–H groups in total. The molecule has 84 heavy (non-hydrogen) atoms. The topological polar surface area (TPSA) is 625 Å². The molecule has 34 atom stereocenters. The van der Waals surface area contributed by atoms with Crippen molar-refractivity contribution in [3.8, 4) is 0 Å². The van der Waals surface area contributed by atoms with Crippen molar-refractivity contribution in [1.82, 2.24) is 5.32 Å². The first-order valence-corrected chi connectivity index (χ1v) is 27.3. The Morgan fingerprint density at radius 2 is 0.917 bits per heavy atom. The van der Waals surface area contributed by atoms with Crippen LogP contribution in [0.5, 0.6) is 0 Å². The number of carbonyl (C=O) groups is 2. The minimum atomic E-state index is -5.70. The van der Waals surface area contributed by atoms with Gasteiger partial charge < -0.3 is 164 Å². The van der Waals surface area contributed by atoms with Crippen molar-refractivity contribution in [3.05, 3.63) is 0 Å². The van der Waals surface area contributed by atoms with E-state index in [-0.39, 0.29) is 0 Å². The summed E-state index contributed by atoms with van der Waals surface area (Å²) in [7, 11) is -5.70. The Labute approximate surface area is 474 Å². The third-order valence-corrected chi connectivity index (χ3v) is 15.2. The van der Waals surface area contributed by atoms with Crippen LogP contribution in [0.1, 0.15) is 20.8 Å². The predicted octanol–water partition coefficient (Wildman–Crippen LogP) is -14.5. The number of hydrogen-bond donors (Lipinski definition) is 22. The van der Waals surface area contributed by atoms with Crippen LogP contribution in [0.15, 0.2) is 0 Å². The van der Waals surface area contributed by atoms with Crippen LogP contribution in [0.2, 0.25) is 0 Å². The molecule has 490 valence electrons. The number of rotatable bonds is 24. The van der Waals surface area contributed by atoms with Crippen LogP contribution in [0.3, 0.4) is 0 Å². The number of amides is 1. The number of aliphatic carboxylic acids is 1. The van der Waals surface area contributed by atoms with E-state index in [1.165, 1.54) is 13.8 Å². The number of ether oxygens (including phenoxy) is 12. The lowest BCUT2D eigenvalue weighted by atomic mass is 9.94. The number of nitrogens with one attached hydrogen (secondary N) is 1. The zero-order chi connectivity index (χ0) is 62.7. The summed E-state index contributed by atoms with van der Waals surface area (Å²) in [5.74, 6) is -2.96. The van der Waals surface area contributed by atoms with Gasteiger partial charge >= 0.3 is 16.4 Å². The zero-order valence-electron chi connectivity index (χ0n) is 44.4. The molecule has 39 nitrogen and oxygen atoms in total. The summed E-state index contributed by atoms with van der Waals surface area (Å²) < 4.78 is 107. The fourth-order valence-corrected chi connectivity index (χ4v) is 10.6. The molecule has 0 radical (unpaired) electrons. The summed E-state index contributed by atoms with van der Waals surface area (Å²) in [5.41, 5.74) is 0. The molecule has 40 heteroatoms. The molecule has 0 aromatic rings. The van der Waals surface area contributed by atoms with Crippen molar-refractivity contribution in [2.24, 2.45) is 0 Å². The molecular weight excluding hydrogens is 1180 g/mol. The molecule has 6 rings (SSSR count). The molecule has 6 heterocycles. The summed E-state index contributed by atoms with van der Waals surface area (Å²) in [6, 6.07) is -1.71. The third-order valence-electron chi connectivity index (χ3n) is 14.7. The first kappa shape index (κ1) is 70.7. The van der Waals surface area contributed by atoms with Crippen molar-refractivity contribution in [2.75, 3.05) is 33.0 Å². The summed E-state index contributed by atoms with van der Waals surface area (Å²) in [6.45, 7) is -2.58. The fourth-order valence-electron chi connectivity index (χ4n) is 10.1. The Morgan fingerprint density at radius 1 is 0.476 bits per heavy atom. The second kappa shape index (κ2) is 29.9. The first-order chi connectivity index (χ1) is 39.3. The van der Waals surface area contributed by atoms with Gasteiger partial charge in [0, 0.05) is 6.92 Å². The lowest BCUT2D eigenvalue weighted by Crippen LogP contribution is -2.70. The van der Waals surface area contributed by atoms with E-state index < -0.39 is 264 Å². The first-order valence-electron chi connectivity index (χ1n) is 25.9. The van der Waals surface area contributed by atoms with Crippen molar-refractivity contribution in [2.45, 2.75) is 229 Å². The molecule has 6 aliphatic heterocycles. The molecule has 6 saturated heterocycles. The number of aliphatic hydroxyl groups excluding tert-OH is 19. The van der Waals surface area contributed by atoms with Gasteiger partial charge in [-0.3, -0.25) is 9.35 Å². The van der Waals surface area contributed by atoms with E-state index in [4.69, 9.17) is 56.8 Å². The molecular formula is C44H75NO38S. The van der Waals surface area contributed by atoms with E-state index in [0.29, 0.717) is 0 Å². The molecule has 6 fully saturated rings. The summed E-state index contributed by atoms with van der Waals surface area (Å²) in [5, 5.41) is 219. The maximum atomic E-state index is 12.4. The van der Waals surface area contributed by atoms with Gasteiger partial charge in [-0.05, 0) is 13.8 Å². The molecule has 0 aromatic carbocycles. The molecule has 0 spiro atoms. The van der Waals surface area contributed by atoms with Gasteiger partial charge in [-0.25, -0.2) is 8.98 Å². The molecule has 6 aliphatic rings. The monoisotopic (exact) mass is 1260 g/mol. The SMILES string of the molecule is CC(=O)N[C@@H](CO)[C@@H](O[C@@H]1O[C@H](CO)[C@H](O[C@@H]2O[C@H](CO)[C@H](O[C@@H]3O[C@H](CO)[C@H](O)[C@H](O)[C@H]3O[C@@H]3O[C@@H](C)[C@@H](O)[C@@H](O)[C@@H]3O)[C@H](O[C@@H]3O[C@H](C(=O)O)[C@@H](O)[C@H](OS(=O)(=O)O)[C@H]3O)[C@H]2O)[C@H](O)[C@H]1O[C@@H]1O[C@@H](C)[C@@H](O)[C@@H](O)[C@@H]1O)[C@@H](O)[C@H](O)CO. The highest BCUT2D eigenvalue weighted by atomic mass is 32.3. The van der Waals surface area contributed by atoms with Crippen molar-refractivity contribution in [1.29, 1.82) is 0 Å². The molecule has 0 bridgehead atoms. The van der Waals surface area contributed by atoms with Crippen LogP contribution >= 0.6 is 0 Å². The molecule has 0 saturated carbocycles. The van der Waals surface area contributed by atoms with Crippen LogP contribution in [0, 0.1) is 0 Å². The Hall–Kier alpha value is -2.43. The van der Waals surface area contributed by atoms with Crippen molar-refractivity contribution >= 4 is 22.3 Å². The minimum Gasteiger partial charge on any atom is -0.479 e. The van der Waals surface area contributed by atoms with E-state index >= 15 is 0 Å². The van der Waals surface area contributed by atoms with Gasteiger partial charge in [0.05, 0.1) is 51.3 Å². The smallest absolute Gasteiger partial charge is 0.397 e. The van der Waals surface area contributed by atoms with Gasteiger partial charge in [-0.1, -0.05) is 0 Å². The van der Waals surface area contributed by atoms with Crippen LogP contribution in [0.4, 0.5) is 0 Å². The number of carboxylic acids is 1. The van der Waals surface area contributed by atoms with Gasteiger partial charge in [0.15, 0.2) is 43.8 Å². The van der Waals surface area contributed by atoms with Gasteiger partial charge in [-0.2, -0.15) is 8.42 Å². The van der Waals surface area contributed by atoms with E-state index in [0.717, 1.165) is 6.92 Å². The molecule has 0 aliphatic carbocycles. The standard InChI is InChI=1S/C44H75NO38S/c1-9-17(53)21(57)24(60)39(71-9)81-36-23(59)20(56)14(6-48)73-43(36)78-32-16(8-50)74-41(29(65)34(32)79-42-28(64)33(83-84(68,69)70)27(63)35(80-42)38(66)67)77-31-15(7-49)75-44(76-30(19(55)13(52)5-47)12(4-46)45-11(3)51)37(26(31)62)82-40-25(61)22(58)18(54)10(2)72-40/h9-10,12-37,39-44,46-50,52-65H,4-8H2,1-3H3,(H,45,51)(H,66,67)(H,68,69,70)/t9-,10-,12-,13+,14+,15+,16+,17+,18+,19-,20-,21+,22+,23-,24-,25-,26-,27-,28+,29+,30+,31-,32-,33-,34+,35-,36+,37+,39-,40-,41-,42+,43-,44-/m0/s1. The number of aliphatic hydroxyl groups is 19. The maximum absolute atomic E-state index is 12.4. The predicted molar refractivity (Wildman–Crippen MR) is 254 cm³/mol. The second-order valence-corrected chi connectivity index (χ2v) is 21.6. The fraction of sp³-hybridized carbons (Fsp3) is 0.955. The summed E-state index contributed by atoms with van der Waals surface area (Å²) in [4.78, 5) is 24.6. The molecule has 1 amide bonds. The van der Waals surface area contributed by atoms with Gasteiger partial charge in [0.25, 0.3) is 0 Å². The van der Waals surface area contributed by atoms with E-state index in [1.807, 2.05) is 0 Å². The molecule has 0 aromatic heterocycles.